The number of hydrogen-bond donors (Lipinski definition) is 1. The molecule has 0 aromatic heterocycles. The number of nitrogens with one attached hydrogen (secondary N) is 1. The Balaban J connectivity index is 2.02. The topological polar surface area (TPSA) is 12.0 Å². The zero-order valence-corrected chi connectivity index (χ0v) is 12.8. The van der Waals surface area contributed by atoms with Gasteiger partial charge < -0.3 is 5.32 Å². The lowest BCUT2D eigenvalue weighted by Gasteiger charge is -2.24. The molecule has 3 unspecified atom stereocenters. The van der Waals surface area contributed by atoms with E-state index in [4.69, 9.17) is 0 Å². The van der Waals surface area contributed by atoms with E-state index in [1.165, 1.54) is 38.5 Å². The fraction of sp³-hybridized carbons (Fsp3) is 0.667. The normalized spacial score (nSPS) is 23.3. The van der Waals surface area contributed by atoms with Gasteiger partial charge in [-0.25, -0.2) is 0 Å². The summed E-state index contributed by atoms with van der Waals surface area (Å²) in [5.41, 5.74) is 3.11. The summed E-state index contributed by atoms with van der Waals surface area (Å²) in [6.07, 6.45) is 8.12. The fourth-order valence-electron chi connectivity index (χ4n) is 3.70. The van der Waals surface area contributed by atoms with Gasteiger partial charge in [-0.1, -0.05) is 63.8 Å². The van der Waals surface area contributed by atoms with E-state index in [9.17, 15) is 0 Å². The van der Waals surface area contributed by atoms with Crippen molar-refractivity contribution >= 4 is 0 Å². The Kier molecular flexibility index (Phi) is 5.45. The third-order valence-electron chi connectivity index (χ3n) is 4.83. The number of hydrogen-bond acceptors (Lipinski definition) is 1. The second-order valence-corrected chi connectivity index (χ2v) is 6.08. The average molecular weight is 259 g/mol. The summed E-state index contributed by atoms with van der Waals surface area (Å²) in [6.45, 7) is 4.66. The van der Waals surface area contributed by atoms with Gasteiger partial charge in [-0.3, -0.25) is 0 Å². The Morgan fingerprint density at radius 1 is 1.26 bits per heavy atom. The molecule has 1 heteroatoms. The molecule has 0 bridgehead atoms. The molecular formula is C18H29N. The molecule has 2 rings (SSSR count). The first-order valence-corrected chi connectivity index (χ1v) is 8.05. The van der Waals surface area contributed by atoms with Gasteiger partial charge in [0.05, 0.1) is 0 Å². The van der Waals surface area contributed by atoms with Crippen molar-refractivity contribution < 1.29 is 0 Å². The van der Waals surface area contributed by atoms with Gasteiger partial charge >= 0.3 is 0 Å². The van der Waals surface area contributed by atoms with Crippen LogP contribution in [-0.4, -0.2) is 7.05 Å². The second-order valence-electron chi connectivity index (χ2n) is 6.08. The first kappa shape index (κ1) is 14.6. The highest BCUT2D eigenvalue weighted by atomic mass is 14.9. The third-order valence-corrected chi connectivity index (χ3v) is 4.83. The van der Waals surface area contributed by atoms with Gasteiger partial charge in [0.2, 0.25) is 0 Å². The molecule has 0 amide bonds. The summed E-state index contributed by atoms with van der Waals surface area (Å²) in [5, 5.41) is 3.56. The summed E-state index contributed by atoms with van der Waals surface area (Å²) in [7, 11) is 2.12. The Labute approximate surface area is 118 Å². The highest BCUT2D eigenvalue weighted by molar-refractivity contribution is 5.35. The second kappa shape index (κ2) is 7.09. The van der Waals surface area contributed by atoms with E-state index in [1.807, 2.05) is 0 Å². The van der Waals surface area contributed by atoms with Crippen molar-refractivity contribution in [2.24, 2.45) is 11.8 Å². The molecule has 1 aromatic rings. The summed E-state index contributed by atoms with van der Waals surface area (Å²) in [4.78, 5) is 0. The Bertz CT molecular complexity index is 385. The first-order chi connectivity index (χ1) is 9.30. The number of unbranched alkanes of at least 4 members (excludes halogenated alkanes) is 1. The molecule has 19 heavy (non-hydrogen) atoms. The minimum absolute atomic E-state index is 0.576. The van der Waals surface area contributed by atoms with Crippen molar-refractivity contribution in [1.29, 1.82) is 0 Å². The van der Waals surface area contributed by atoms with Gasteiger partial charge in [0.1, 0.15) is 0 Å². The first-order valence-electron chi connectivity index (χ1n) is 8.05. The molecular weight excluding hydrogens is 230 g/mol. The van der Waals surface area contributed by atoms with E-state index in [0.29, 0.717) is 6.04 Å². The van der Waals surface area contributed by atoms with E-state index >= 15 is 0 Å². The van der Waals surface area contributed by atoms with Crippen LogP contribution in [0.25, 0.3) is 0 Å². The van der Waals surface area contributed by atoms with Gasteiger partial charge in [-0.05, 0) is 42.9 Å². The van der Waals surface area contributed by atoms with Crippen molar-refractivity contribution in [2.45, 2.75) is 58.4 Å². The lowest BCUT2D eigenvalue weighted by molar-refractivity contribution is 0.296. The zero-order valence-electron chi connectivity index (χ0n) is 12.8. The molecule has 1 aromatic carbocycles. The summed E-state index contributed by atoms with van der Waals surface area (Å²) < 4.78 is 0. The predicted octanol–water partition coefficient (Wildman–Crippen LogP) is 4.73. The minimum Gasteiger partial charge on any atom is -0.313 e. The van der Waals surface area contributed by atoms with Crippen LogP contribution in [0.2, 0.25) is 0 Å². The molecule has 0 aliphatic heterocycles. The van der Waals surface area contributed by atoms with E-state index in [2.05, 4.69) is 50.5 Å². The van der Waals surface area contributed by atoms with Crippen molar-refractivity contribution in [3.63, 3.8) is 0 Å². The maximum absolute atomic E-state index is 3.56. The molecule has 1 aliphatic carbocycles. The Hall–Kier alpha value is -0.820. The molecule has 0 saturated carbocycles. The lowest BCUT2D eigenvalue weighted by atomic mass is 9.85. The summed E-state index contributed by atoms with van der Waals surface area (Å²) in [5.74, 6) is 1.71. The maximum Gasteiger partial charge on any atom is 0.0352 e. The molecule has 0 radical (unpaired) electrons. The Morgan fingerprint density at radius 2 is 2.05 bits per heavy atom. The van der Waals surface area contributed by atoms with Crippen LogP contribution in [0, 0.1) is 11.8 Å². The minimum atomic E-state index is 0.576. The highest BCUT2D eigenvalue weighted by Crippen LogP contribution is 2.40. The van der Waals surface area contributed by atoms with E-state index in [1.54, 1.807) is 11.1 Å². The van der Waals surface area contributed by atoms with E-state index in [0.717, 1.165) is 11.8 Å². The molecule has 0 saturated heterocycles. The maximum atomic E-state index is 3.56. The van der Waals surface area contributed by atoms with Gasteiger partial charge in [-0.15, -0.1) is 0 Å². The SMILES string of the molecule is CCCCC(CC)CC1Cc2ccccc2C1NC. The standard InChI is InChI=1S/C18H29N/c1-4-6-9-14(5-2)12-16-13-15-10-7-8-11-17(15)18(16)19-3/h7-8,10-11,14,16,18-19H,4-6,9,12-13H2,1-3H3. The van der Waals surface area contributed by atoms with Gasteiger partial charge in [0, 0.05) is 6.04 Å². The van der Waals surface area contributed by atoms with Gasteiger partial charge in [0.25, 0.3) is 0 Å². The van der Waals surface area contributed by atoms with Crippen molar-refractivity contribution in [2.75, 3.05) is 7.05 Å². The fourth-order valence-corrected chi connectivity index (χ4v) is 3.70. The predicted molar refractivity (Wildman–Crippen MR) is 83.4 cm³/mol. The number of rotatable bonds is 7. The van der Waals surface area contributed by atoms with Crippen LogP contribution < -0.4 is 5.32 Å². The average Bonchev–Trinajstić information content (AvgIpc) is 2.80. The third kappa shape index (κ3) is 3.39. The molecule has 0 heterocycles. The van der Waals surface area contributed by atoms with Crippen LogP contribution in [-0.2, 0) is 6.42 Å². The summed E-state index contributed by atoms with van der Waals surface area (Å²) in [6, 6.07) is 9.56. The quantitative estimate of drug-likeness (QED) is 0.746. The van der Waals surface area contributed by atoms with Crippen LogP contribution in [0.15, 0.2) is 24.3 Å². The van der Waals surface area contributed by atoms with Gasteiger partial charge in [-0.2, -0.15) is 0 Å². The van der Waals surface area contributed by atoms with Crippen LogP contribution in [0.4, 0.5) is 0 Å². The number of benzene rings is 1. The van der Waals surface area contributed by atoms with Crippen LogP contribution in [0.5, 0.6) is 0 Å². The molecule has 3 atom stereocenters. The lowest BCUT2D eigenvalue weighted by Crippen LogP contribution is -2.23. The molecule has 0 spiro atoms. The van der Waals surface area contributed by atoms with Crippen molar-refractivity contribution in [1.82, 2.24) is 5.32 Å². The van der Waals surface area contributed by atoms with Crippen molar-refractivity contribution in [3.8, 4) is 0 Å². The monoisotopic (exact) mass is 259 g/mol. The molecule has 106 valence electrons. The number of fused-ring (bicyclic) bond motifs is 1. The molecule has 1 nitrogen and oxygen atoms in total. The van der Waals surface area contributed by atoms with Crippen molar-refractivity contribution in [3.05, 3.63) is 35.4 Å². The largest absolute Gasteiger partial charge is 0.313 e. The zero-order chi connectivity index (χ0) is 13.7. The smallest absolute Gasteiger partial charge is 0.0352 e. The van der Waals surface area contributed by atoms with Gasteiger partial charge in [0.15, 0.2) is 0 Å². The highest BCUT2D eigenvalue weighted by Gasteiger charge is 2.32. The van der Waals surface area contributed by atoms with Crippen LogP contribution in [0.3, 0.4) is 0 Å². The molecule has 0 fully saturated rings. The van der Waals surface area contributed by atoms with Crippen LogP contribution in [0.1, 0.15) is 63.1 Å². The molecule has 1 N–H and O–H groups in total. The Morgan fingerprint density at radius 3 is 2.74 bits per heavy atom. The van der Waals surface area contributed by atoms with E-state index < -0.39 is 0 Å². The molecule has 1 aliphatic rings. The summed E-state index contributed by atoms with van der Waals surface area (Å²) >= 11 is 0. The van der Waals surface area contributed by atoms with Crippen LogP contribution >= 0.6 is 0 Å². The van der Waals surface area contributed by atoms with E-state index in [-0.39, 0.29) is 0 Å².